The Kier molecular flexibility index (Phi) is 6.23. The number of rotatable bonds is 6. The van der Waals surface area contributed by atoms with Gasteiger partial charge in [-0.15, -0.1) is 10.2 Å². The van der Waals surface area contributed by atoms with Gasteiger partial charge in [-0.1, -0.05) is 23.7 Å². The number of carbonyl (C=O) groups is 1. The van der Waals surface area contributed by atoms with E-state index in [4.69, 9.17) is 11.6 Å². The van der Waals surface area contributed by atoms with Gasteiger partial charge in [-0.3, -0.25) is 0 Å². The number of nitrogens with one attached hydrogen (secondary N) is 1. The minimum absolute atomic E-state index is 0.137. The molecule has 2 saturated heterocycles. The Hall–Kier alpha value is -2.17. The van der Waals surface area contributed by atoms with Crippen molar-refractivity contribution in [2.24, 2.45) is 5.92 Å². The van der Waals surface area contributed by atoms with Crippen LogP contribution in [0.4, 0.5) is 4.79 Å². The van der Waals surface area contributed by atoms with Gasteiger partial charge >= 0.3 is 6.03 Å². The highest BCUT2D eigenvalue weighted by Crippen LogP contribution is 2.31. The predicted molar refractivity (Wildman–Crippen MR) is 117 cm³/mol. The molecule has 168 valence electrons. The third kappa shape index (κ3) is 4.86. The van der Waals surface area contributed by atoms with Crippen LogP contribution < -0.4 is 5.32 Å². The number of amides is 2. The van der Waals surface area contributed by atoms with E-state index < -0.39 is 10.0 Å². The van der Waals surface area contributed by atoms with Gasteiger partial charge in [-0.25, -0.2) is 17.5 Å². The molecule has 0 spiro atoms. The fourth-order valence-electron chi connectivity index (χ4n) is 4.15. The van der Waals surface area contributed by atoms with Crippen LogP contribution in [0.15, 0.2) is 24.3 Å². The van der Waals surface area contributed by atoms with Crippen LogP contribution in [-0.2, 0) is 16.6 Å². The summed E-state index contributed by atoms with van der Waals surface area (Å²) in [5.41, 5.74) is 1.09. The maximum Gasteiger partial charge on any atom is 0.318 e. The highest BCUT2D eigenvalue weighted by Gasteiger charge is 2.36. The Morgan fingerprint density at radius 2 is 1.94 bits per heavy atom. The van der Waals surface area contributed by atoms with Crippen LogP contribution in [0.5, 0.6) is 0 Å². The van der Waals surface area contributed by atoms with Crippen molar-refractivity contribution in [3.8, 4) is 0 Å². The first-order valence-corrected chi connectivity index (χ1v) is 12.6. The molecule has 1 N–H and O–H groups in total. The normalized spacial score (nSPS) is 20.1. The fourth-order valence-corrected chi connectivity index (χ4v) is 5.23. The molecule has 2 aromatic rings. The summed E-state index contributed by atoms with van der Waals surface area (Å²) >= 11 is 6.00. The molecule has 1 aromatic carbocycles. The average molecular weight is 467 g/mol. The van der Waals surface area contributed by atoms with E-state index in [1.54, 1.807) is 0 Å². The van der Waals surface area contributed by atoms with E-state index >= 15 is 0 Å². The van der Waals surface area contributed by atoms with Gasteiger partial charge in [0.2, 0.25) is 10.0 Å². The van der Waals surface area contributed by atoms with Crippen LogP contribution in [0.1, 0.15) is 36.1 Å². The Morgan fingerprint density at radius 1 is 1.23 bits per heavy atom. The molecular weight excluding hydrogens is 440 g/mol. The summed E-state index contributed by atoms with van der Waals surface area (Å²) in [6.45, 7) is 4.55. The van der Waals surface area contributed by atoms with Crippen molar-refractivity contribution in [2.45, 2.75) is 32.4 Å². The molecule has 11 heteroatoms. The molecule has 3 heterocycles. The molecule has 31 heavy (non-hydrogen) atoms. The monoisotopic (exact) mass is 466 g/mol. The number of hydrogen-bond acceptors (Lipinski definition) is 5. The molecule has 2 amide bonds. The number of sulfonamides is 1. The standard InChI is InChI=1S/C20H27ClN6O3S/c1-14-23-24-19(27(14)13-15-5-7-17(21)8-6-15)18-4-3-9-26(18)20(28)22-10-16-11-25(12-16)31(2,29)30/h5-8,16,18H,3-4,9-13H2,1-2H3,(H,22,28). The van der Waals surface area contributed by atoms with Gasteiger partial charge in [0.05, 0.1) is 18.8 Å². The fraction of sp³-hybridized carbons (Fsp3) is 0.550. The Labute approximate surface area is 187 Å². The second-order valence-electron chi connectivity index (χ2n) is 8.30. The van der Waals surface area contributed by atoms with Crippen molar-refractivity contribution in [1.29, 1.82) is 0 Å². The lowest BCUT2D eigenvalue weighted by molar-refractivity contribution is 0.171. The predicted octanol–water partition coefficient (Wildman–Crippen LogP) is 2.03. The third-order valence-electron chi connectivity index (χ3n) is 5.96. The van der Waals surface area contributed by atoms with Gasteiger partial charge in [-0.05, 0) is 37.5 Å². The van der Waals surface area contributed by atoms with Crippen LogP contribution in [0, 0.1) is 12.8 Å². The third-order valence-corrected chi connectivity index (χ3v) is 7.45. The largest absolute Gasteiger partial charge is 0.338 e. The van der Waals surface area contributed by atoms with Crippen LogP contribution in [0.3, 0.4) is 0 Å². The van der Waals surface area contributed by atoms with Crippen molar-refractivity contribution in [2.75, 3.05) is 32.4 Å². The number of nitrogens with zero attached hydrogens (tertiary/aromatic N) is 5. The van der Waals surface area contributed by atoms with Crippen molar-refractivity contribution >= 4 is 27.7 Å². The van der Waals surface area contributed by atoms with E-state index in [2.05, 4.69) is 20.1 Å². The molecule has 1 aromatic heterocycles. The van der Waals surface area contributed by atoms with Crippen molar-refractivity contribution < 1.29 is 13.2 Å². The zero-order chi connectivity index (χ0) is 22.2. The minimum atomic E-state index is -3.14. The molecule has 1 atom stereocenters. The zero-order valence-electron chi connectivity index (χ0n) is 17.7. The second kappa shape index (κ2) is 8.76. The SMILES string of the molecule is Cc1nnc(C2CCCN2C(=O)NCC2CN(S(C)(=O)=O)C2)n1Cc1ccc(Cl)cc1. The van der Waals surface area contributed by atoms with E-state index in [0.717, 1.165) is 30.1 Å². The number of urea groups is 1. The van der Waals surface area contributed by atoms with Gasteiger partial charge in [-0.2, -0.15) is 0 Å². The Bertz CT molecular complexity index is 1050. The molecule has 1 unspecified atom stereocenters. The number of hydrogen-bond donors (Lipinski definition) is 1. The van der Waals surface area contributed by atoms with E-state index in [9.17, 15) is 13.2 Å². The lowest BCUT2D eigenvalue weighted by atomic mass is 10.0. The molecule has 9 nitrogen and oxygen atoms in total. The van der Waals surface area contributed by atoms with Crippen molar-refractivity contribution in [3.05, 3.63) is 46.5 Å². The molecule has 2 aliphatic heterocycles. The summed E-state index contributed by atoms with van der Waals surface area (Å²) in [7, 11) is -3.14. The summed E-state index contributed by atoms with van der Waals surface area (Å²) in [5.74, 6) is 1.73. The van der Waals surface area contributed by atoms with Gasteiger partial charge in [0.25, 0.3) is 0 Å². The zero-order valence-corrected chi connectivity index (χ0v) is 19.2. The van der Waals surface area contributed by atoms with Crippen LogP contribution in [0.25, 0.3) is 0 Å². The van der Waals surface area contributed by atoms with Gasteiger partial charge in [0, 0.05) is 37.1 Å². The summed E-state index contributed by atoms with van der Waals surface area (Å²) in [5, 5.41) is 12.3. The smallest absolute Gasteiger partial charge is 0.318 e. The lowest BCUT2D eigenvalue weighted by Crippen LogP contribution is -2.54. The first kappa shape index (κ1) is 22.0. The number of likely N-dealkylation sites (tertiary alicyclic amines) is 1. The van der Waals surface area contributed by atoms with Gasteiger partial charge in [0.15, 0.2) is 5.82 Å². The minimum Gasteiger partial charge on any atom is -0.338 e. The summed E-state index contributed by atoms with van der Waals surface area (Å²) in [6, 6.07) is 7.39. The topological polar surface area (TPSA) is 100 Å². The summed E-state index contributed by atoms with van der Waals surface area (Å²) in [6.07, 6.45) is 2.94. The number of halogens is 1. The Morgan fingerprint density at radius 3 is 2.61 bits per heavy atom. The average Bonchev–Trinajstić information content (AvgIpc) is 3.28. The highest BCUT2D eigenvalue weighted by atomic mass is 35.5. The second-order valence-corrected chi connectivity index (χ2v) is 10.7. The number of benzene rings is 1. The molecule has 0 saturated carbocycles. The van der Waals surface area contributed by atoms with Crippen LogP contribution in [0.2, 0.25) is 5.02 Å². The molecule has 2 fully saturated rings. The van der Waals surface area contributed by atoms with E-state index in [1.165, 1.54) is 10.6 Å². The summed E-state index contributed by atoms with van der Waals surface area (Å²) in [4.78, 5) is 14.7. The van der Waals surface area contributed by atoms with Gasteiger partial charge < -0.3 is 14.8 Å². The molecule has 2 aliphatic rings. The molecule has 0 radical (unpaired) electrons. The molecule has 0 bridgehead atoms. The van der Waals surface area contributed by atoms with Crippen LogP contribution in [-0.4, -0.2) is 70.9 Å². The molecule has 0 aliphatic carbocycles. The van der Waals surface area contributed by atoms with E-state index in [-0.39, 0.29) is 18.0 Å². The van der Waals surface area contributed by atoms with E-state index in [0.29, 0.717) is 37.7 Å². The van der Waals surface area contributed by atoms with Crippen molar-refractivity contribution in [3.63, 3.8) is 0 Å². The van der Waals surface area contributed by atoms with Crippen LogP contribution >= 0.6 is 11.6 Å². The summed E-state index contributed by atoms with van der Waals surface area (Å²) < 4.78 is 26.5. The maximum absolute atomic E-state index is 12.9. The highest BCUT2D eigenvalue weighted by molar-refractivity contribution is 7.88. The first-order valence-electron chi connectivity index (χ1n) is 10.4. The van der Waals surface area contributed by atoms with Gasteiger partial charge in [0.1, 0.15) is 5.82 Å². The number of aryl methyl sites for hydroxylation is 1. The van der Waals surface area contributed by atoms with E-state index in [1.807, 2.05) is 36.1 Å². The maximum atomic E-state index is 12.9. The molecule has 4 rings (SSSR count). The number of carbonyl (C=O) groups excluding carboxylic acids is 1. The quantitative estimate of drug-likeness (QED) is 0.702. The first-order chi connectivity index (χ1) is 14.7. The number of aromatic nitrogens is 3. The Balaban J connectivity index is 1.40. The molecular formula is C20H27ClN6O3S. The van der Waals surface area contributed by atoms with Crippen molar-refractivity contribution in [1.82, 2.24) is 29.3 Å². The lowest BCUT2D eigenvalue weighted by Gasteiger charge is -2.37.